The molecule has 102 valence electrons. The second-order valence-corrected chi connectivity index (χ2v) is 6.52. The van der Waals surface area contributed by atoms with Crippen molar-refractivity contribution in [3.63, 3.8) is 0 Å². The van der Waals surface area contributed by atoms with Crippen LogP contribution in [0.3, 0.4) is 0 Å². The Kier molecular flexibility index (Phi) is 6.37. The lowest BCUT2D eigenvalue weighted by Crippen LogP contribution is -2.23. The van der Waals surface area contributed by atoms with Gasteiger partial charge in [-0.2, -0.15) is 11.3 Å². The van der Waals surface area contributed by atoms with Crippen molar-refractivity contribution in [2.24, 2.45) is 0 Å². The topological polar surface area (TPSA) is 21.3 Å². The number of halogens is 2. The zero-order valence-electron chi connectivity index (χ0n) is 10.4. The number of nitrogens with one attached hydrogen (secondary N) is 1. The highest BCUT2D eigenvalue weighted by Crippen LogP contribution is 2.32. The Balaban J connectivity index is 1.64. The number of ether oxygens (including phenoxy) is 1. The minimum atomic E-state index is 0.658. The van der Waals surface area contributed by atoms with Crippen LogP contribution in [0.5, 0.6) is 5.75 Å². The number of rotatable bonds is 7. The van der Waals surface area contributed by atoms with Gasteiger partial charge in [0.25, 0.3) is 0 Å². The van der Waals surface area contributed by atoms with Gasteiger partial charge in [-0.3, -0.25) is 0 Å². The van der Waals surface area contributed by atoms with Crippen LogP contribution in [-0.4, -0.2) is 19.7 Å². The van der Waals surface area contributed by atoms with Crippen LogP contribution in [-0.2, 0) is 6.42 Å². The minimum absolute atomic E-state index is 0.658. The molecular formula is C14H15Br2NOS. The van der Waals surface area contributed by atoms with Gasteiger partial charge in [0.2, 0.25) is 0 Å². The lowest BCUT2D eigenvalue weighted by atomic mass is 10.2. The van der Waals surface area contributed by atoms with E-state index in [2.05, 4.69) is 54.0 Å². The number of para-hydroxylation sites is 1. The van der Waals surface area contributed by atoms with Gasteiger partial charge in [0, 0.05) is 6.54 Å². The summed E-state index contributed by atoms with van der Waals surface area (Å²) in [5, 5.41) is 7.69. The Morgan fingerprint density at radius 2 is 1.89 bits per heavy atom. The first kappa shape index (κ1) is 15.0. The van der Waals surface area contributed by atoms with Crippen LogP contribution in [0.4, 0.5) is 0 Å². The van der Waals surface area contributed by atoms with Gasteiger partial charge in [0.05, 0.1) is 8.95 Å². The molecule has 0 radical (unpaired) electrons. The van der Waals surface area contributed by atoms with Gasteiger partial charge in [0.1, 0.15) is 12.4 Å². The summed E-state index contributed by atoms with van der Waals surface area (Å²) in [6.45, 7) is 2.49. The molecule has 0 unspecified atom stereocenters. The molecule has 2 aromatic rings. The molecule has 1 N–H and O–H groups in total. The van der Waals surface area contributed by atoms with Crippen LogP contribution >= 0.6 is 43.2 Å². The van der Waals surface area contributed by atoms with Gasteiger partial charge in [-0.25, -0.2) is 0 Å². The van der Waals surface area contributed by atoms with Crippen molar-refractivity contribution in [3.05, 3.63) is 49.5 Å². The van der Waals surface area contributed by atoms with Gasteiger partial charge in [-0.05, 0) is 79.3 Å². The third-order valence-electron chi connectivity index (χ3n) is 2.61. The van der Waals surface area contributed by atoms with Crippen LogP contribution in [0.2, 0.25) is 0 Å². The van der Waals surface area contributed by atoms with Gasteiger partial charge in [-0.15, -0.1) is 0 Å². The molecular weight excluding hydrogens is 390 g/mol. The molecule has 1 aromatic heterocycles. The molecule has 0 atom stereocenters. The van der Waals surface area contributed by atoms with Gasteiger partial charge in [-0.1, -0.05) is 6.07 Å². The van der Waals surface area contributed by atoms with E-state index < -0.39 is 0 Å². The highest BCUT2D eigenvalue weighted by atomic mass is 79.9. The zero-order chi connectivity index (χ0) is 13.5. The lowest BCUT2D eigenvalue weighted by Gasteiger charge is -2.10. The fourth-order valence-corrected chi connectivity index (χ4v) is 3.57. The maximum absolute atomic E-state index is 5.75. The molecule has 19 heavy (non-hydrogen) atoms. The predicted octanol–water partition coefficient (Wildman–Crippen LogP) is 4.48. The third kappa shape index (κ3) is 4.91. The Hall–Kier alpha value is -0.360. The smallest absolute Gasteiger partial charge is 0.147 e. The molecule has 0 saturated carbocycles. The number of benzene rings is 1. The highest BCUT2D eigenvalue weighted by molar-refractivity contribution is 9.11. The summed E-state index contributed by atoms with van der Waals surface area (Å²) in [5.41, 5.74) is 1.40. The average molecular weight is 405 g/mol. The molecule has 0 amide bonds. The second-order valence-electron chi connectivity index (χ2n) is 4.03. The molecule has 0 aliphatic heterocycles. The first-order valence-corrected chi connectivity index (χ1v) is 8.59. The largest absolute Gasteiger partial charge is 0.490 e. The zero-order valence-corrected chi connectivity index (χ0v) is 14.4. The minimum Gasteiger partial charge on any atom is -0.490 e. The van der Waals surface area contributed by atoms with E-state index in [1.54, 1.807) is 11.3 Å². The van der Waals surface area contributed by atoms with E-state index in [0.29, 0.717) is 6.61 Å². The number of thiophene rings is 1. The van der Waals surface area contributed by atoms with E-state index in [-0.39, 0.29) is 0 Å². The molecule has 0 aliphatic carbocycles. The average Bonchev–Trinajstić information content (AvgIpc) is 2.89. The fourth-order valence-electron chi connectivity index (χ4n) is 1.64. The Bertz CT molecular complexity index is 482. The van der Waals surface area contributed by atoms with Gasteiger partial charge >= 0.3 is 0 Å². The quantitative estimate of drug-likeness (QED) is 0.686. The second kappa shape index (κ2) is 8.04. The van der Waals surface area contributed by atoms with Crippen molar-refractivity contribution in [2.75, 3.05) is 19.7 Å². The van der Waals surface area contributed by atoms with E-state index in [9.17, 15) is 0 Å². The molecule has 0 saturated heterocycles. The summed E-state index contributed by atoms with van der Waals surface area (Å²) in [6.07, 6.45) is 1.07. The summed E-state index contributed by atoms with van der Waals surface area (Å²) < 4.78 is 7.70. The van der Waals surface area contributed by atoms with Crippen LogP contribution in [0, 0.1) is 0 Å². The Morgan fingerprint density at radius 3 is 2.58 bits per heavy atom. The first-order valence-electron chi connectivity index (χ1n) is 6.06. The normalized spacial score (nSPS) is 10.6. The molecule has 0 fully saturated rings. The molecule has 2 rings (SSSR count). The van der Waals surface area contributed by atoms with E-state index in [4.69, 9.17) is 4.74 Å². The number of hydrogen-bond donors (Lipinski definition) is 1. The molecule has 0 bridgehead atoms. The lowest BCUT2D eigenvalue weighted by molar-refractivity contribution is 0.311. The summed E-state index contributed by atoms with van der Waals surface area (Å²) >= 11 is 8.71. The Morgan fingerprint density at radius 1 is 1.11 bits per heavy atom. The summed E-state index contributed by atoms with van der Waals surface area (Å²) in [4.78, 5) is 0. The van der Waals surface area contributed by atoms with Crippen molar-refractivity contribution < 1.29 is 4.74 Å². The van der Waals surface area contributed by atoms with Crippen molar-refractivity contribution in [1.82, 2.24) is 5.32 Å². The summed E-state index contributed by atoms with van der Waals surface area (Å²) in [6, 6.07) is 8.09. The summed E-state index contributed by atoms with van der Waals surface area (Å²) in [7, 11) is 0. The molecule has 0 aliphatic rings. The molecule has 0 spiro atoms. The van der Waals surface area contributed by atoms with E-state index >= 15 is 0 Å². The summed E-state index contributed by atoms with van der Waals surface area (Å²) in [5.74, 6) is 0.863. The Labute approximate surface area is 134 Å². The van der Waals surface area contributed by atoms with Crippen molar-refractivity contribution in [3.8, 4) is 5.75 Å². The maximum atomic E-state index is 5.75. The molecule has 1 aromatic carbocycles. The van der Waals surface area contributed by atoms with Crippen molar-refractivity contribution in [2.45, 2.75) is 6.42 Å². The molecule has 5 heteroatoms. The van der Waals surface area contributed by atoms with E-state index in [1.165, 1.54) is 5.56 Å². The van der Waals surface area contributed by atoms with E-state index in [0.717, 1.165) is 34.2 Å². The van der Waals surface area contributed by atoms with Crippen molar-refractivity contribution in [1.29, 1.82) is 0 Å². The predicted molar refractivity (Wildman–Crippen MR) is 88.2 cm³/mol. The highest BCUT2D eigenvalue weighted by Gasteiger charge is 2.04. The van der Waals surface area contributed by atoms with E-state index in [1.807, 2.05) is 18.2 Å². The van der Waals surface area contributed by atoms with Crippen LogP contribution < -0.4 is 10.1 Å². The van der Waals surface area contributed by atoms with Gasteiger partial charge in [0.15, 0.2) is 0 Å². The van der Waals surface area contributed by atoms with Crippen LogP contribution in [0.25, 0.3) is 0 Å². The first-order chi connectivity index (χ1) is 9.27. The SMILES string of the molecule is Brc1cccc(Br)c1OCCNCCc1ccsc1. The standard InChI is InChI=1S/C14H15Br2NOS/c15-12-2-1-3-13(16)14(12)18-8-7-17-6-4-11-5-9-19-10-11/h1-3,5,9-10,17H,4,6-8H2. The fraction of sp³-hybridized carbons (Fsp3) is 0.286. The monoisotopic (exact) mass is 403 g/mol. The number of hydrogen-bond acceptors (Lipinski definition) is 3. The maximum Gasteiger partial charge on any atom is 0.147 e. The van der Waals surface area contributed by atoms with Crippen LogP contribution in [0.1, 0.15) is 5.56 Å². The van der Waals surface area contributed by atoms with Crippen LogP contribution in [0.15, 0.2) is 44.0 Å². The molecule has 1 heterocycles. The third-order valence-corrected chi connectivity index (χ3v) is 4.60. The molecule has 2 nitrogen and oxygen atoms in total. The van der Waals surface area contributed by atoms with Crippen molar-refractivity contribution >= 4 is 43.2 Å². The van der Waals surface area contributed by atoms with Gasteiger partial charge < -0.3 is 10.1 Å².